The van der Waals surface area contributed by atoms with Crippen LogP contribution in [0.5, 0.6) is 5.75 Å². The van der Waals surface area contributed by atoms with Crippen molar-refractivity contribution in [3.63, 3.8) is 0 Å². The third-order valence-electron chi connectivity index (χ3n) is 4.31. The van der Waals surface area contributed by atoms with Gasteiger partial charge in [0.05, 0.1) is 32.2 Å². The molecule has 1 aromatic heterocycles. The smallest absolute Gasteiger partial charge is 0.338 e. The summed E-state index contributed by atoms with van der Waals surface area (Å²) in [5, 5.41) is 8.01. The molecule has 0 bridgehead atoms. The van der Waals surface area contributed by atoms with Crippen molar-refractivity contribution in [1.29, 1.82) is 0 Å². The van der Waals surface area contributed by atoms with Gasteiger partial charge in [0, 0.05) is 11.3 Å². The fourth-order valence-corrected chi connectivity index (χ4v) is 3.69. The van der Waals surface area contributed by atoms with Crippen LogP contribution in [-0.4, -0.2) is 53.3 Å². The summed E-state index contributed by atoms with van der Waals surface area (Å²) in [6.07, 6.45) is 0. The van der Waals surface area contributed by atoms with E-state index in [1.54, 1.807) is 25.6 Å². The highest BCUT2D eigenvalue weighted by atomic mass is 32.2. The minimum Gasteiger partial charge on any atom is -0.496 e. The maximum absolute atomic E-state index is 12.8. The van der Waals surface area contributed by atoms with Crippen molar-refractivity contribution in [3.8, 4) is 5.75 Å². The number of nitrogens with zero attached hydrogens (tertiary/aromatic N) is 3. The fourth-order valence-electron chi connectivity index (χ4n) is 3.03. The maximum Gasteiger partial charge on any atom is 0.338 e. The molecule has 1 aromatic carbocycles. The lowest BCUT2D eigenvalue weighted by molar-refractivity contribution is -0.139. The predicted molar refractivity (Wildman–Crippen MR) is 107 cm³/mol. The summed E-state index contributed by atoms with van der Waals surface area (Å²) in [6, 6.07) is 6.81. The van der Waals surface area contributed by atoms with E-state index >= 15 is 0 Å². The molecule has 29 heavy (non-hydrogen) atoms. The molecule has 2 heterocycles. The Hall–Kier alpha value is -3.01. The van der Waals surface area contributed by atoms with E-state index in [1.165, 1.54) is 7.11 Å². The number of esters is 2. The molecule has 154 valence electrons. The molecule has 0 saturated heterocycles. The SMILES string of the molecule is CCOC(=O)C1=C(C)Nc2nc(SCC(=O)OC)nn2C1c1ccccc1OC. The summed E-state index contributed by atoms with van der Waals surface area (Å²) in [7, 11) is 2.90. The van der Waals surface area contributed by atoms with Crippen LogP contribution in [-0.2, 0) is 19.1 Å². The Labute approximate surface area is 172 Å². The number of hydrogen-bond acceptors (Lipinski definition) is 9. The van der Waals surface area contributed by atoms with Crippen molar-refractivity contribution in [2.75, 3.05) is 31.9 Å². The van der Waals surface area contributed by atoms with E-state index < -0.39 is 12.0 Å². The van der Waals surface area contributed by atoms with Gasteiger partial charge in [0.15, 0.2) is 0 Å². The minimum absolute atomic E-state index is 0.0798. The number of ether oxygens (including phenoxy) is 3. The lowest BCUT2D eigenvalue weighted by Gasteiger charge is -2.28. The molecule has 1 N–H and O–H groups in total. The molecule has 0 fully saturated rings. The second-order valence-corrected chi connectivity index (χ2v) is 7.00. The highest BCUT2D eigenvalue weighted by Crippen LogP contribution is 2.40. The van der Waals surface area contributed by atoms with E-state index in [4.69, 9.17) is 9.47 Å². The molecule has 2 aromatic rings. The first kappa shape index (κ1) is 20.7. The largest absolute Gasteiger partial charge is 0.496 e. The number of carbonyl (C=O) groups excluding carboxylic acids is 2. The van der Waals surface area contributed by atoms with Crippen LogP contribution >= 0.6 is 11.8 Å². The molecule has 0 saturated carbocycles. The van der Waals surface area contributed by atoms with Gasteiger partial charge < -0.3 is 19.5 Å². The maximum atomic E-state index is 12.8. The zero-order valence-corrected chi connectivity index (χ0v) is 17.4. The van der Waals surface area contributed by atoms with Crippen LogP contribution in [0.4, 0.5) is 5.95 Å². The Bertz CT molecular complexity index is 956. The first-order valence-electron chi connectivity index (χ1n) is 8.94. The number of allylic oxidation sites excluding steroid dienone is 1. The van der Waals surface area contributed by atoms with Gasteiger partial charge in [0.1, 0.15) is 11.8 Å². The molecule has 3 rings (SSSR count). The van der Waals surface area contributed by atoms with Gasteiger partial charge in [-0.3, -0.25) is 4.79 Å². The number of aromatic nitrogens is 3. The van der Waals surface area contributed by atoms with Crippen molar-refractivity contribution in [1.82, 2.24) is 14.8 Å². The molecule has 0 spiro atoms. The molecule has 1 aliphatic rings. The molecule has 0 radical (unpaired) electrons. The lowest BCUT2D eigenvalue weighted by atomic mass is 9.95. The van der Waals surface area contributed by atoms with Crippen LogP contribution < -0.4 is 10.1 Å². The van der Waals surface area contributed by atoms with Crippen molar-refractivity contribution < 1.29 is 23.8 Å². The standard InChI is InChI=1S/C19H22N4O5S/c1-5-28-17(25)15-11(2)20-18-21-19(29-10-14(24)27-4)22-23(18)16(15)12-8-6-7-9-13(12)26-3/h6-9,16H,5,10H2,1-4H3,(H,20,21,22). The second kappa shape index (κ2) is 8.99. The molecule has 0 aliphatic carbocycles. The molecular weight excluding hydrogens is 396 g/mol. The Kier molecular flexibility index (Phi) is 6.42. The average Bonchev–Trinajstić information content (AvgIpc) is 3.13. The van der Waals surface area contributed by atoms with E-state index in [0.29, 0.717) is 28.1 Å². The zero-order chi connectivity index (χ0) is 21.0. The van der Waals surface area contributed by atoms with Crippen molar-refractivity contribution >= 4 is 29.6 Å². The molecule has 1 atom stereocenters. The van der Waals surface area contributed by atoms with Crippen molar-refractivity contribution in [2.24, 2.45) is 0 Å². The van der Waals surface area contributed by atoms with Gasteiger partial charge >= 0.3 is 11.9 Å². The topological polar surface area (TPSA) is 105 Å². The number of fused-ring (bicyclic) bond motifs is 1. The third kappa shape index (κ3) is 4.21. The highest BCUT2D eigenvalue weighted by Gasteiger charge is 2.36. The molecule has 1 aliphatic heterocycles. The van der Waals surface area contributed by atoms with Gasteiger partial charge in [-0.1, -0.05) is 30.0 Å². The Morgan fingerprint density at radius 2 is 2.03 bits per heavy atom. The first-order valence-corrected chi connectivity index (χ1v) is 9.92. The van der Waals surface area contributed by atoms with E-state index in [1.807, 2.05) is 24.3 Å². The van der Waals surface area contributed by atoms with Gasteiger partial charge in [0.2, 0.25) is 11.1 Å². The number of nitrogens with one attached hydrogen (secondary N) is 1. The predicted octanol–water partition coefficient (Wildman–Crippen LogP) is 2.40. The Morgan fingerprint density at radius 1 is 1.28 bits per heavy atom. The number of benzene rings is 1. The Morgan fingerprint density at radius 3 is 2.72 bits per heavy atom. The van der Waals surface area contributed by atoms with E-state index in [-0.39, 0.29) is 18.3 Å². The summed E-state index contributed by atoms with van der Waals surface area (Å²) in [6.45, 7) is 3.79. The second-order valence-electron chi connectivity index (χ2n) is 6.06. The normalized spacial score (nSPS) is 15.4. The first-order chi connectivity index (χ1) is 14.0. The van der Waals surface area contributed by atoms with Gasteiger partial charge in [0.25, 0.3) is 0 Å². The average molecular weight is 418 g/mol. The summed E-state index contributed by atoms with van der Waals surface area (Å²) >= 11 is 1.15. The molecule has 1 unspecified atom stereocenters. The molecule has 0 amide bonds. The zero-order valence-electron chi connectivity index (χ0n) is 16.6. The number of anilines is 1. The lowest BCUT2D eigenvalue weighted by Crippen LogP contribution is -2.30. The van der Waals surface area contributed by atoms with Crippen LogP contribution in [0.15, 0.2) is 40.7 Å². The Balaban J connectivity index is 2.08. The van der Waals surface area contributed by atoms with Crippen molar-refractivity contribution in [3.05, 3.63) is 41.1 Å². The van der Waals surface area contributed by atoms with Crippen LogP contribution in [0.25, 0.3) is 0 Å². The monoisotopic (exact) mass is 418 g/mol. The van der Waals surface area contributed by atoms with Gasteiger partial charge in [-0.15, -0.1) is 5.10 Å². The number of carbonyl (C=O) groups is 2. The van der Waals surface area contributed by atoms with E-state index in [2.05, 4.69) is 20.1 Å². The van der Waals surface area contributed by atoms with Crippen molar-refractivity contribution in [2.45, 2.75) is 25.0 Å². The summed E-state index contributed by atoms with van der Waals surface area (Å²) in [5.41, 5.74) is 1.77. The number of hydrogen-bond donors (Lipinski definition) is 1. The third-order valence-corrected chi connectivity index (χ3v) is 5.12. The summed E-state index contributed by atoms with van der Waals surface area (Å²) in [4.78, 5) is 28.7. The number of rotatable bonds is 7. The van der Waals surface area contributed by atoms with Crippen LogP contribution in [0, 0.1) is 0 Å². The van der Waals surface area contributed by atoms with Gasteiger partial charge in [-0.2, -0.15) is 4.98 Å². The van der Waals surface area contributed by atoms with Gasteiger partial charge in [-0.25, -0.2) is 9.48 Å². The summed E-state index contributed by atoms with van der Waals surface area (Å²) in [5.74, 6) is 0.325. The highest BCUT2D eigenvalue weighted by molar-refractivity contribution is 7.99. The number of para-hydroxylation sites is 1. The molecular formula is C19H22N4O5S. The number of methoxy groups -OCH3 is 2. The van der Waals surface area contributed by atoms with Crippen LogP contribution in [0.2, 0.25) is 0 Å². The summed E-state index contributed by atoms with van der Waals surface area (Å²) < 4.78 is 17.1. The van der Waals surface area contributed by atoms with E-state index in [9.17, 15) is 9.59 Å². The van der Waals surface area contributed by atoms with Crippen LogP contribution in [0.3, 0.4) is 0 Å². The molecule has 10 heteroatoms. The quantitative estimate of drug-likeness (QED) is 0.536. The minimum atomic E-state index is -0.596. The molecule has 9 nitrogen and oxygen atoms in total. The fraction of sp³-hybridized carbons (Fsp3) is 0.368. The van der Waals surface area contributed by atoms with Crippen LogP contribution in [0.1, 0.15) is 25.5 Å². The number of thioether (sulfide) groups is 1. The van der Waals surface area contributed by atoms with E-state index in [0.717, 1.165) is 17.3 Å². The van der Waals surface area contributed by atoms with Gasteiger partial charge in [-0.05, 0) is 19.9 Å².